The van der Waals surface area contributed by atoms with E-state index in [2.05, 4.69) is 11.8 Å². The summed E-state index contributed by atoms with van der Waals surface area (Å²) in [6.07, 6.45) is 0.439. The molecule has 0 amide bonds. The van der Waals surface area contributed by atoms with Crippen molar-refractivity contribution in [3.63, 3.8) is 0 Å². The number of rotatable bonds is 2. The predicted octanol–water partition coefficient (Wildman–Crippen LogP) is 0.861. The fraction of sp³-hybridized carbons (Fsp3) is 0.700. The Morgan fingerprint density at radius 2 is 2.17 bits per heavy atom. The molecule has 0 aromatic heterocycles. The summed E-state index contributed by atoms with van der Waals surface area (Å²) in [7, 11) is 0. The minimum Gasteiger partial charge on any atom is -0.381 e. The van der Waals surface area contributed by atoms with Gasteiger partial charge in [-0.25, -0.2) is 0 Å². The average molecular weight is 164 g/mol. The van der Waals surface area contributed by atoms with Crippen LogP contribution in [0.2, 0.25) is 0 Å². The molecule has 0 N–H and O–H groups in total. The van der Waals surface area contributed by atoms with Crippen LogP contribution in [0.15, 0.2) is 0 Å². The third kappa shape index (κ3) is 1.15. The van der Waals surface area contributed by atoms with Crippen molar-refractivity contribution in [1.82, 2.24) is 0 Å². The van der Waals surface area contributed by atoms with E-state index >= 15 is 0 Å². The van der Waals surface area contributed by atoms with Crippen molar-refractivity contribution in [3.8, 4) is 11.8 Å². The van der Waals surface area contributed by atoms with Crippen molar-refractivity contribution >= 4 is 5.78 Å². The molecular formula is C10H12O2. The van der Waals surface area contributed by atoms with Gasteiger partial charge in [0.1, 0.15) is 5.78 Å². The number of hydrogen-bond donors (Lipinski definition) is 0. The minimum absolute atomic E-state index is 0.291. The molecule has 2 aliphatic rings. The Kier molecular flexibility index (Phi) is 1.90. The van der Waals surface area contributed by atoms with Crippen LogP contribution in [0, 0.1) is 29.6 Å². The molecule has 2 fully saturated rings. The van der Waals surface area contributed by atoms with Crippen LogP contribution in [-0.4, -0.2) is 19.0 Å². The quantitative estimate of drug-likeness (QED) is 0.566. The highest BCUT2D eigenvalue weighted by Crippen LogP contribution is 2.51. The number of ketones is 1. The topological polar surface area (TPSA) is 26.3 Å². The van der Waals surface area contributed by atoms with E-state index in [1.54, 1.807) is 6.92 Å². The summed E-state index contributed by atoms with van der Waals surface area (Å²) >= 11 is 0. The van der Waals surface area contributed by atoms with Crippen molar-refractivity contribution in [3.05, 3.63) is 0 Å². The highest BCUT2D eigenvalue weighted by molar-refractivity contribution is 5.86. The zero-order valence-corrected chi connectivity index (χ0v) is 7.17. The molecule has 2 nitrogen and oxygen atoms in total. The Morgan fingerprint density at radius 1 is 1.50 bits per heavy atom. The number of carbonyl (C=O) groups excluding carboxylic acids is 1. The van der Waals surface area contributed by atoms with Gasteiger partial charge in [-0.15, -0.1) is 5.92 Å². The molecule has 1 aliphatic heterocycles. The summed E-state index contributed by atoms with van der Waals surface area (Å²) in [4.78, 5) is 11.4. The lowest BCUT2D eigenvalue weighted by Crippen LogP contribution is -2.08. The first-order chi connectivity index (χ1) is 5.84. The first-order valence-corrected chi connectivity index (χ1v) is 4.34. The molecular weight excluding hydrogens is 152 g/mol. The predicted molar refractivity (Wildman–Crippen MR) is 44.4 cm³/mol. The van der Waals surface area contributed by atoms with Crippen LogP contribution in [-0.2, 0) is 9.53 Å². The monoisotopic (exact) mass is 164 g/mol. The van der Waals surface area contributed by atoms with Crippen molar-refractivity contribution < 1.29 is 9.53 Å². The van der Waals surface area contributed by atoms with Crippen LogP contribution in [0.3, 0.4) is 0 Å². The van der Waals surface area contributed by atoms with Gasteiger partial charge >= 0.3 is 0 Å². The van der Waals surface area contributed by atoms with Crippen molar-refractivity contribution in [2.75, 3.05) is 13.2 Å². The van der Waals surface area contributed by atoms with E-state index in [9.17, 15) is 4.79 Å². The van der Waals surface area contributed by atoms with Crippen molar-refractivity contribution in [1.29, 1.82) is 0 Å². The molecule has 64 valence electrons. The summed E-state index contributed by atoms with van der Waals surface area (Å²) in [5, 5.41) is 0. The second kappa shape index (κ2) is 2.91. The maximum atomic E-state index is 11.4. The fourth-order valence-electron chi connectivity index (χ4n) is 2.01. The van der Waals surface area contributed by atoms with E-state index in [0.717, 1.165) is 13.2 Å². The van der Waals surface area contributed by atoms with Crippen molar-refractivity contribution in [2.45, 2.75) is 13.3 Å². The first kappa shape index (κ1) is 7.82. The van der Waals surface area contributed by atoms with Gasteiger partial charge in [-0.05, 0) is 18.8 Å². The molecule has 2 heteroatoms. The molecule has 0 spiro atoms. The molecule has 1 saturated heterocycles. The maximum absolute atomic E-state index is 11.4. The Bertz CT molecular complexity index is 249. The van der Waals surface area contributed by atoms with E-state index < -0.39 is 0 Å². The van der Waals surface area contributed by atoms with Crippen LogP contribution in [0.4, 0.5) is 0 Å². The third-order valence-electron chi connectivity index (χ3n) is 2.76. The second-order valence-electron chi connectivity index (χ2n) is 3.46. The molecule has 2 rings (SSSR count). The Balaban J connectivity index is 1.86. The fourth-order valence-corrected chi connectivity index (χ4v) is 2.01. The third-order valence-corrected chi connectivity index (χ3v) is 2.76. The SMILES string of the molecule is CC#CCC(=O)C1C2COCC21. The average Bonchev–Trinajstić information content (AvgIpc) is 2.56. The molecule has 1 saturated carbocycles. The highest BCUT2D eigenvalue weighted by Gasteiger charge is 2.57. The van der Waals surface area contributed by atoms with Crippen LogP contribution in [0.25, 0.3) is 0 Å². The molecule has 2 atom stereocenters. The summed E-state index contributed by atoms with van der Waals surface area (Å²) in [5.41, 5.74) is 0. The minimum atomic E-state index is 0.291. The summed E-state index contributed by atoms with van der Waals surface area (Å²) < 4.78 is 5.20. The summed E-state index contributed by atoms with van der Waals surface area (Å²) in [5.74, 6) is 7.25. The van der Waals surface area contributed by atoms with Crippen LogP contribution in [0.1, 0.15) is 13.3 Å². The molecule has 0 radical (unpaired) electrons. The smallest absolute Gasteiger partial charge is 0.148 e. The van der Waals surface area contributed by atoms with Gasteiger partial charge in [-0.2, -0.15) is 0 Å². The number of carbonyl (C=O) groups is 1. The highest BCUT2D eigenvalue weighted by atomic mass is 16.5. The van der Waals surface area contributed by atoms with Crippen LogP contribution >= 0.6 is 0 Å². The second-order valence-corrected chi connectivity index (χ2v) is 3.46. The van der Waals surface area contributed by atoms with Gasteiger partial charge in [0.2, 0.25) is 0 Å². The Labute approximate surface area is 72.3 Å². The van der Waals surface area contributed by atoms with Gasteiger partial charge in [-0.1, -0.05) is 5.92 Å². The first-order valence-electron chi connectivity index (χ1n) is 4.34. The van der Waals surface area contributed by atoms with Crippen molar-refractivity contribution in [2.24, 2.45) is 17.8 Å². The van der Waals surface area contributed by atoms with Gasteiger partial charge in [0, 0.05) is 5.92 Å². The maximum Gasteiger partial charge on any atom is 0.148 e. The van der Waals surface area contributed by atoms with E-state index in [1.165, 1.54) is 0 Å². The molecule has 1 aliphatic carbocycles. The number of hydrogen-bond acceptors (Lipinski definition) is 2. The van der Waals surface area contributed by atoms with E-state index in [1.807, 2.05) is 0 Å². The zero-order valence-electron chi connectivity index (χ0n) is 7.17. The molecule has 0 aromatic rings. The van der Waals surface area contributed by atoms with Crippen LogP contribution < -0.4 is 0 Å². The zero-order chi connectivity index (χ0) is 8.55. The Hall–Kier alpha value is -0.810. The lowest BCUT2D eigenvalue weighted by Gasteiger charge is -1.99. The van der Waals surface area contributed by atoms with Crippen LogP contribution in [0.5, 0.6) is 0 Å². The van der Waals surface area contributed by atoms with Gasteiger partial charge in [0.05, 0.1) is 19.6 Å². The number of fused-ring (bicyclic) bond motifs is 1. The van der Waals surface area contributed by atoms with Gasteiger partial charge in [0.15, 0.2) is 0 Å². The number of Topliss-reactive ketones (excluding diaryl/α,β-unsaturated/α-hetero) is 1. The standard InChI is InChI=1S/C10H12O2/c1-2-3-4-9(11)10-7-5-12-6-8(7)10/h7-8,10H,4-6H2,1H3. The molecule has 0 aromatic carbocycles. The van der Waals surface area contributed by atoms with Gasteiger partial charge in [-0.3, -0.25) is 4.79 Å². The molecule has 12 heavy (non-hydrogen) atoms. The summed E-state index contributed by atoms with van der Waals surface area (Å²) in [6, 6.07) is 0. The molecule has 2 unspecified atom stereocenters. The normalized spacial score (nSPS) is 36.6. The Morgan fingerprint density at radius 3 is 2.75 bits per heavy atom. The lowest BCUT2D eigenvalue weighted by atomic mass is 10.1. The van der Waals surface area contributed by atoms with E-state index in [4.69, 9.17) is 4.74 Å². The molecule has 1 heterocycles. The summed E-state index contributed by atoms with van der Waals surface area (Å²) in [6.45, 7) is 3.35. The molecule has 0 bridgehead atoms. The lowest BCUT2D eigenvalue weighted by molar-refractivity contribution is -0.120. The van der Waals surface area contributed by atoms with E-state index in [-0.39, 0.29) is 0 Å². The number of ether oxygens (including phenoxy) is 1. The largest absolute Gasteiger partial charge is 0.381 e. The van der Waals surface area contributed by atoms with E-state index in [0.29, 0.717) is 30.0 Å². The van der Waals surface area contributed by atoms with Gasteiger partial charge in [0.25, 0.3) is 0 Å². The van der Waals surface area contributed by atoms with Gasteiger partial charge < -0.3 is 4.74 Å².